The lowest BCUT2D eigenvalue weighted by Crippen LogP contribution is -2.04. The monoisotopic (exact) mass is 284 g/mol. The molecule has 0 bridgehead atoms. The third kappa shape index (κ3) is 2.45. The predicted molar refractivity (Wildman–Crippen MR) is 68.9 cm³/mol. The number of rotatable bonds is 2. The average Bonchev–Trinajstić information content (AvgIpc) is 3.12. The molecule has 3 rings (SSSR count). The molecular formula is C13H11F3N2S. The van der Waals surface area contributed by atoms with Crippen molar-refractivity contribution in [1.29, 1.82) is 0 Å². The summed E-state index contributed by atoms with van der Waals surface area (Å²) in [6.45, 7) is 0. The third-order valence-corrected chi connectivity index (χ3v) is 4.13. The molecule has 19 heavy (non-hydrogen) atoms. The zero-order valence-electron chi connectivity index (χ0n) is 9.87. The number of benzene rings is 1. The number of nitrogens with zero attached hydrogens (tertiary/aromatic N) is 1. The van der Waals surface area contributed by atoms with Crippen LogP contribution in [-0.4, -0.2) is 4.98 Å². The first-order chi connectivity index (χ1) is 8.95. The lowest BCUT2D eigenvalue weighted by atomic mass is 10.1. The summed E-state index contributed by atoms with van der Waals surface area (Å²) in [5.41, 5.74) is 6.47. The quantitative estimate of drug-likeness (QED) is 0.893. The Morgan fingerprint density at radius 3 is 2.32 bits per heavy atom. The topological polar surface area (TPSA) is 38.9 Å². The third-order valence-electron chi connectivity index (χ3n) is 3.08. The maximum atomic E-state index is 12.5. The Morgan fingerprint density at radius 1 is 1.16 bits per heavy atom. The van der Waals surface area contributed by atoms with E-state index in [1.807, 2.05) is 0 Å². The average molecular weight is 284 g/mol. The van der Waals surface area contributed by atoms with Crippen molar-refractivity contribution in [2.24, 2.45) is 0 Å². The van der Waals surface area contributed by atoms with E-state index < -0.39 is 11.7 Å². The molecule has 2 N–H and O–H groups in total. The van der Waals surface area contributed by atoms with E-state index in [9.17, 15) is 13.2 Å². The summed E-state index contributed by atoms with van der Waals surface area (Å²) in [5, 5.41) is 1.56. The van der Waals surface area contributed by atoms with E-state index in [1.165, 1.54) is 23.5 Å². The summed E-state index contributed by atoms with van der Waals surface area (Å²) in [4.78, 5) is 4.45. The summed E-state index contributed by atoms with van der Waals surface area (Å²) in [5.74, 6) is 0.496. The molecule has 1 aromatic carbocycles. The zero-order chi connectivity index (χ0) is 13.6. The number of halogens is 3. The standard InChI is InChI=1S/C13H11F3N2S/c14-13(15,16)9-5-3-7(4-6-9)10-11(17)19-12(18-10)8-1-2-8/h3-6,8H,1-2,17H2. The molecule has 6 heteroatoms. The summed E-state index contributed by atoms with van der Waals surface area (Å²) in [6.07, 6.45) is -2.07. The van der Waals surface area contributed by atoms with E-state index in [1.54, 1.807) is 0 Å². The van der Waals surface area contributed by atoms with Crippen molar-refractivity contribution in [3.05, 3.63) is 34.8 Å². The molecule has 0 spiro atoms. The van der Waals surface area contributed by atoms with Crippen LogP contribution in [0, 0.1) is 0 Å². The smallest absolute Gasteiger partial charge is 0.389 e. The highest BCUT2D eigenvalue weighted by atomic mass is 32.1. The van der Waals surface area contributed by atoms with Crippen molar-refractivity contribution >= 4 is 16.3 Å². The van der Waals surface area contributed by atoms with Crippen molar-refractivity contribution in [3.8, 4) is 11.3 Å². The minimum atomic E-state index is -4.31. The van der Waals surface area contributed by atoms with Crippen molar-refractivity contribution in [3.63, 3.8) is 0 Å². The fourth-order valence-electron chi connectivity index (χ4n) is 1.88. The Bertz CT molecular complexity index is 597. The van der Waals surface area contributed by atoms with Crippen LogP contribution in [0.3, 0.4) is 0 Å². The largest absolute Gasteiger partial charge is 0.416 e. The van der Waals surface area contributed by atoms with E-state index in [0.29, 0.717) is 22.2 Å². The van der Waals surface area contributed by atoms with Crippen molar-refractivity contribution in [2.75, 3.05) is 5.73 Å². The van der Waals surface area contributed by atoms with Gasteiger partial charge in [0, 0.05) is 11.5 Å². The van der Waals surface area contributed by atoms with Crippen LogP contribution in [0.2, 0.25) is 0 Å². The van der Waals surface area contributed by atoms with Gasteiger partial charge in [0.1, 0.15) is 10.7 Å². The maximum Gasteiger partial charge on any atom is 0.416 e. The zero-order valence-corrected chi connectivity index (χ0v) is 10.7. The minimum Gasteiger partial charge on any atom is -0.389 e. The van der Waals surface area contributed by atoms with E-state index in [-0.39, 0.29) is 0 Å². The molecule has 0 amide bonds. The number of hydrogen-bond acceptors (Lipinski definition) is 3. The molecule has 2 aromatic rings. The normalized spacial score (nSPS) is 15.7. The minimum absolute atomic E-state index is 0.496. The van der Waals surface area contributed by atoms with Crippen LogP contribution in [0.1, 0.15) is 29.3 Å². The molecule has 1 heterocycles. The lowest BCUT2D eigenvalue weighted by Gasteiger charge is -2.06. The number of hydrogen-bond donors (Lipinski definition) is 1. The van der Waals surface area contributed by atoms with Gasteiger partial charge in [0.2, 0.25) is 0 Å². The first kappa shape index (κ1) is 12.5. The van der Waals surface area contributed by atoms with E-state index in [2.05, 4.69) is 4.98 Å². The molecule has 0 unspecified atom stereocenters. The van der Waals surface area contributed by atoms with Crippen molar-refractivity contribution < 1.29 is 13.2 Å². The molecule has 2 nitrogen and oxygen atoms in total. The van der Waals surface area contributed by atoms with Crippen molar-refractivity contribution in [1.82, 2.24) is 4.98 Å². The van der Waals surface area contributed by atoms with Gasteiger partial charge in [0.25, 0.3) is 0 Å². The van der Waals surface area contributed by atoms with Gasteiger partial charge < -0.3 is 5.73 Å². The van der Waals surface area contributed by atoms with Crippen LogP contribution in [0.4, 0.5) is 18.2 Å². The highest BCUT2D eigenvalue weighted by Gasteiger charge is 2.31. The van der Waals surface area contributed by atoms with Gasteiger partial charge >= 0.3 is 6.18 Å². The van der Waals surface area contributed by atoms with Gasteiger partial charge in [-0.1, -0.05) is 12.1 Å². The number of aromatic nitrogens is 1. The Kier molecular flexibility index (Phi) is 2.78. The molecular weight excluding hydrogens is 273 g/mol. The van der Waals surface area contributed by atoms with Gasteiger partial charge in [-0.2, -0.15) is 13.2 Å². The van der Waals surface area contributed by atoms with Gasteiger partial charge in [-0.3, -0.25) is 0 Å². The molecule has 100 valence electrons. The summed E-state index contributed by atoms with van der Waals surface area (Å²) in [6, 6.07) is 4.96. The first-order valence-electron chi connectivity index (χ1n) is 5.89. The highest BCUT2D eigenvalue weighted by molar-refractivity contribution is 7.16. The van der Waals surface area contributed by atoms with Crippen molar-refractivity contribution in [2.45, 2.75) is 24.9 Å². The molecule has 0 aliphatic heterocycles. The molecule has 0 radical (unpaired) electrons. The number of anilines is 1. The number of thiazole rings is 1. The second kappa shape index (κ2) is 4.23. The van der Waals surface area contributed by atoms with Gasteiger partial charge in [-0.05, 0) is 25.0 Å². The maximum absolute atomic E-state index is 12.5. The molecule has 1 saturated carbocycles. The Labute approximate surface area is 112 Å². The second-order valence-corrected chi connectivity index (χ2v) is 5.68. The van der Waals surface area contributed by atoms with E-state index in [0.717, 1.165) is 30.0 Å². The van der Waals surface area contributed by atoms with Gasteiger partial charge in [-0.25, -0.2) is 4.98 Å². The number of alkyl halides is 3. The fraction of sp³-hybridized carbons (Fsp3) is 0.308. The van der Waals surface area contributed by atoms with Gasteiger partial charge in [0.15, 0.2) is 0 Å². The Morgan fingerprint density at radius 2 is 1.79 bits per heavy atom. The van der Waals surface area contributed by atoms with Crippen LogP contribution in [0.15, 0.2) is 24.3 Å². The van der Waals surface area contributed by atoms with Crippen LogP contribution < -0.4 is 5.73 Å². The van der Waals surface area contributed by atoms with E-state index >= 15 is 0 Å². The molecule has 0 atom stereocenters. The number of nitrogens with two attached hydrogens (primary N) is 1. The van der Waals surface area contributed by atoms with E-state index in [4.69, 9.17) is 5.73 Å². The predicted octanol–water partition coefficient (Wildman–Crippen LogP) is 4.29. The molecule has 1 aliphatic rings. The SMILES string of the molecule is Nc1sc(C2CC2)nc1-c1ccc(C(F)(F)F)cc1. The summed E-state index contributed by atoms with van der Waals surface area (Å²) in [7, 11) is 0. The summed E-state index contributed by atoms with van der Waals surface area (Å²) >= 11 is 1.43. The molecule has 0 saturated heterocycles. The second-order valence-electron chi connectivity index (χ2n) is 4.61. The Hall–Kier alpha value is -1.56. The summed E-state index contributed by atoms with van der Waals surface area (Å²) < 4.78 is 37.4. The van der Waals surface area contributed by atoms with Crippen LogP contribution in [-0.2, 0) is 6.18 Å². The van der Waals surface area contributed by atoms with Crippen LogP contribution >= 0.6 is 11.3 Å². The van der Waals surface area contributed by atoms with Gasteiger partial charge in [-0.15, -0.1) is 11.3 Å². The molecule has 1 aliphatic carbocycles. The first-order valence-corrected chi connectivity index (χ1v) is 6.70. The Balaban J connectivity index is 1.93. The molecule has 1 fully saturated rings. The number of nitrogen functional groups attached to an aromatic ring is 1. The lowest BCUT2D eigenvalue weighted by molar-refractivity contribution is -0.137. The van der Waals surface area contributed by atoms with Crippen LogP contribution in [0.5, 0.6) is 0 Å². The molecule has 1 aromatic heterocycles. The van der Waals surface area contributed by atoms with Crippen LogP contribution in [0.25, 0.3) is 11.3 Å². The van der Waals surface area contributed by atoms with Gasteiger partial charge in [0.05, 0.1) is 10.6 Å². The fourth-order valence-corrected chi connectivity index (χ4v) is 2.90. The highest BCUT2D eigenvalue weighted by Crippen LogP contribution is 2.45.